The van der Waals surface area contributed by atoms with E-state index in [1.54, 1.807) is 0 Å². The fourth-order valence-corrected chi connectivity index (χ4v) is 1.05. The summed E-state index contributed by atoms with van der Waals surface area (Å²) in [5, 5.41) is -0.405. The summed E-state index contributed by atoms with van der Waals surface area (Å²) in [6.45, 7) is 0. The molecule has 0 saturated carbocycles. The van der Waals surface area contributed by atoms with Gasteiger partial charge in [-0.1, -0.05) is 11.6 Å². The van der Waals surface area contributed by atoms with Crippen LogP contribution in [0.15, 0.2) is 6.07 Å². The number of alkyl halides is 2. The van der Waals surface area contributed by atoms with Crippen molar-refractivity contribution in [3.63, 3.8) is 0 Å². The number of nitrogens with zero attached hydrogens (tertiary/aromatic N) is 1. The van der Waals surface area contributed by atoms with Crippen LogP contribution in [-0.4, -0.2) is 12.1 Å². The Labute approximate surface area is 77.3 Å². The molecule has 2 nitrogen and oxygen atoms in total. The minimum absolute atomic E-state index is 0.328. The summed E-state index contributed by atoms with van der Waals surface area (Å²) in [5.41, 5.74) is -0.705. The van der Waals surface area contributed by atoms with Crippen molar-refractivity contribution in [2.75, 3.05) is 7.11 Å². The molecule has 0 atom stereocenters. The Morgan fingerprint density at radius 1 is 1.54 bits per heavy atom. The smallest absolute Gasteiger partial charge is 0.280 e. The van der Waals surface area contributed by atoms with E-state index in [2.05, 4.69) is 9.72 Å². The lowest BCUT2D eigenvalue weighted by atomic mass is 10.3. The molecule has 0 aliphatic heterocycles. The van der Waals surface area contributed by atoms with Gasteiger partial charge in [0.15, 0.2) is 16.7 Å². The predicted molar refractivity (Wildman–Crippen MR) is 40.7 cm³/mol. The molecule has 1 heterocycles. The monoisotopic (exact) mass is 211 g/mol. The molecule has 0 saturated heterocycles. The van der Waals surface area contributed by atoms with Gasteiger partial charge in [-0.25, -0.2) is 18.2 Å². The first-order valence-electron chi connectivity index (χ1n) is 3.24. The average Bonchev–Trinajstić information content (AvgIpc) is 2.03. The van der Waals surface area contributed by atoms with Crippen molar-refractivity contribution in [1.82, 2.24) is 4.98 Å². The molecular weight excluding hydrogens is 207 g/mol. The SMILES string of the molecule is COc1c(F)cc(C(F)F)nc1Cl. The van der Waals surface area contributed by atoms with Crippen molar-refractivity contribution >= 4 is 11.6 Å². The summed E-state index contributed by atoms with van der Waals surface area (Å²) < 4.78 is 41.5. The van der Waals surface area contributed by atoms with E-state index >= 15 is 0 Å². The van der Waals surface area contributed by atoms with E-state index in [0.29, 0.717) is 6.07 Å². The molecule has 0 unspecified atom stereocenters. The van der Waals surface area contributed by atoms with Crippen LogP contribution in [0.25, 0.3) is 0 Å². The van der Waals surface area contributed by atoms with Crippen molar-refractivity contribution < 1.29 is 17.9 Å². The van der Waals surface area contributed by atoms with E-state index in [0.717, 1.165) is 0 Å². The van der Waals surface area contributed by atoms with Gasteiger partial charge in [-0.3, -0.25) is 0 Å². The number of hydrogen-bond donors (Lipinski definition) is 0. The second-order valence-corrected chi connectivity index (χ2v) is 2.51. The zero-order chi connectivity index (χ0) is 10.0. The summed E-state index contributed by atoms with van der Waals surface area (Å²) in [7, 11) is 1.17. The Morgan fingerprint density at radius 3 is 2.54 bits per heavy atom. The molecule has 1 aromatic rings. The Balaban J connectivity index is 3.20. The first-order chi connectivity index (χ1) is 6.06. The molecule has 6 heteroatoms. The topological polar surface area (TPSA) is 22.1 Å². The summed E-state index contributed by atoms with van der Waals surface area (Å²) in [4.78, 5) is 3.25. The summed E-state index contributed by atoms with van der Waals surface area (Å²) in [6, 6.07) is 0.593. The predicted octanol–water partition coefficient (Wildman–Crippen LogP) is 2.82. The first-order valence-corrected chi connectivity index (χ1v) is 3.62. The highest BCUT2D eigenvalue weighted by molar-refractivity contribution is 6.30. The van der Waals surface area contributed by atoms with Crippen molar-refractivity contribution in [3.8, 4) is 5.75 Å². The highest BCUT2D eigenvalue weighted by atomic mass is 35.5. The number of pyridine rings is 1. The second-order valence-electron chi connectivity index (χ2n) is 2.15. The van der Waals surface area contributed by atoms with Crippen LogP contribution in [0.5, 0.6) is 5.75 Å². The third-order valence-electron chi connectivity index (χ3n) is 1.33. The minimum Gasteiger partial charge on any atom is -0.491 e. The van der Waals surface area contributed by atoms with Gasteiger partial charge in [0.05, 0.1) is 7.11 Å². The third kappa shape index (κ3) is 2.03. The normalized spacial score (nSPS) is 10.6. The Hall–Kier alpha value is -0.970. The highest BCUT2D eigenvalue weighted by Crippen LogP contribution is 2.29. The number of halogens is 4. The molecule has 0 spiro atoms. The van der Waals surface area contributed by atoms with Crippen LogP contribution in [0.1, 0.15) is 12.1 Å². The standard InChI is InChI=1S/C7H5ClF3NO/c1-13-5-3(9)2-4(7(10)11)12-6(5)8/h2,7H,1H3. The molecule has 0 aromatic carbocycles. The molecule has 0 bridgehead atoms. The largest absolute Gasteiger partial charge is 0.491 e. The number of methoxy groups -OCH3 is 1. The van der Waals surface area contributed by atoms with E-state index in [-0.39, 0.29) is 5.75 Å². The van der Waals surface area contributed by atoms with Crippen LogP contribution in [-0.2, 0) is 0 Å². The first kappa shape index (κ1) is 10.1. The van der Waals surface area contributed by atoms with E-state index in [9.17, 15) is 13.2 Å². The average molecular weight is 212 g/mol. The maximum absolute atomic E-state index is 12.9. The van der Waals surface area contributed by atoms with E-state index in [4.69, 9.17) is 11.6 Å². The van der Waals surface area contributed by atoms with E-state index in [1.807, 2.05) is 0 Å². The minimum atomic E-state index is -2.85. The van der Waals surface area contributed by atoms with Crippen LogP contribution in [0.4, 0.5) is 13.2 Å². The number of rotatable bonds is 2. The lowest BCUT2D eigenvalue weighted by Crippen LogP contribution is -1.97. The van der Waals surface area contributed by atoms with Gasteiger partial charge in [0.1, 0.15) is 5.69 Å². The fraction of sp³-hybridized carbons (Fsp3) is 0.286. The molecule has 0 N–H and O–H groups in total. The molecule has 1 aromatic heterocycles. The van der Waals surface area contributed by atoms with Crippen LogP contribution in [0.2, 0.25) is 5.15 Å². The Morgan fingerprint density at radius 2 is 2.15 bits per heavy atom. The molecule has 0 radical (unpaired) electrons. The lowest BCUT2D eigenvalue weighted by molar-refractivity contribution is 0.145. The third-order valence-corrected chi connectivity index (χ3v) is 1.59. The highest BCUT2D eigenvalue weighted by Gasteiger charge is 2.16. The zero-order valence-corrected chi connectivity index (χ0v) is 7.28. The maximum Gasteiger partial charge on any atom is 0.280 e. The van der Waals surface area contributed by atoms with Gasteiger partial charge in [-0.05, 0) is 0 Å². The van der Waals surface area contributed by atoms with Crippen LogP contribution in [0.3, 0.4) is 0 Å². The summed E-state index contributed by atoms with van der Waals surface area (Å²) in [5.74, 6) is -1.27. The molecule has 72 valence electrons. The van der Waals surface area contributed by atoms with Gasteiger partial charge in [-0.2, -0.15) is 0 Å². The summed E-state index contributed by atoms with van der Waals surface area (Å²) >= 11 is 5.37. The van der Waals surface area contributed by atoms with E-state index in [1.165, 1.54) is 7.11 Å². The van der Waals surface area contributed by atoms with Crippen molar-refractivity contribution in [2.24, 2.45) is 0 Å². The van der Waals surface area contributed by atoms with Crippen LogP contribution in [0, 0.1) is 5.82 Å². The van der Waals surface area contributed by atoms with Gasteiger partial charge in [0.2, 0.25) is 0 Å². The molecule has 0 aliphatic carbocycles. The molecule has 1 rings (SSSR count). The molecule has 0 aliphatic rings. The maximum atomic E-state index is 12.9. The van der Waals surface area contributed by atoms with Gasteiger partial charge in [0.25, 0.3) is 6.43 Å². The summed E-state index contributed by atoms with van der Waals surface area (Å²) in [6.07, 6.45) is -2.85. The van der Waals surface area contributed by atoms with Gasteiger partial charge < -0.3 is 4.74 Å². The molecule has 13 heavy (non-hydrogen) atoms. The Kier molecular flexibility index (Phi) is 2.98. The molecule has 0 fully saturated rings. The number of aromatic nitrogens is 1. The number of ether oxygens (including phenoxy) is 1. The second kappa shape index (κ2) is 3.83. The molecule has 0 amide bonds. The molecular formula is C7H5ClF3NO. The van der Waals surface area contributed by atoms with E-state index < -0.39 is 23.1 Å². The zero-order valence-electron chi connectivity index (χ0n) is 6.52. The van der Waals surface area contributed by atoms with Crippen molar-refractivity contribution in [1.29, 1.82) is 0 Å². The fourth-order valence-electron chi connectivity index (χ4n) is 0.784. The van der Waals surface area contributed by atoms with Crippen LogP contribution >= 0.6 is 11.6 Å². The number of hydrogen-bond acceptors (Lipinski definition) is 2. The van der Waals surface area contributed by atoms with Crippen molar-refractivity contribution in [3.05, 3.63) is 22.7 Å². The van der Waals surface area contributed by atoms with Crippen LogP contribution < -0.4 is 4.74 Å². The van der Waals surface area contributed by atoms with Gasteiger partial charge >= 0.3 is 0 Å². The van der Waals surface area contributed by atoms with Crippen molar-refractivity contribution in [2.45, 2.75) is 6.43 Å². The Bertz CT molecular complexity index is 296. The quantitative estimate of drug-likeness (QED) is 0.702. The van der Waals surface area contributed by atoms with Gasteiger partial charge in [-0.15, -0.1) is 0 Å². The lowest BCUT2D eigenvalue weighted by Gasteiger charge is -2.05. The van der Waals surface area contributed by atoms with Gasteiger partial charge in [0, 0.05) is 6.07 Å².